The lowest BCUT2D eigenvalue weighted by Gasteiger charge is -2.13. The first-order valence-electron chi connectivity index (χ1n) is 8.82. The monoisotopic (exact) mass is 608 g/mol. The van der Waals surface area contributed by atoms with Gasteiger partial charge in [-0.05, 0) is 91.4 Å². The molecule has 0 heterocycles. The zero-order chi connectivity index (χ0) is 21.0. The molecule has 29 heavy (non-hydrogen) atoms. The van der Waals surface area contributed by atoms with Crippen molar-refractivity contribution in [2.24, 2.45) is 0 Å². The van der Waals surface area contributed by atoms with Gasteiger partial charge in [0.15, 0.2) is 0 Å². The summed E-state index contributed by atoms with van der Waals surface area (Å²) in [6, 6.07) is 20.4. The first-order valence-corrected chi connectivity index (χ1v) is 11.0. The lowest BCUT2D eigenvalue weighted by Crippen LogP contribution is -2.22. The van der Waals surface area contributed by atoms with E-state index in [0.29, 0.717) is 6.61 Å². The highest BCUT2D eigenvalue weighted by atomic mass is 127. The number of hydrogen-bond donors (Lipinski definition) is 0. The number of hydrogen-bond acceptors (Lipinski definition) is 3. The Morgan fingerprint density at radius 2 is 1.72 bits per heavy atom. The maximum atomic E-state index is 12.1. The summed E-state index contributed by atoms with van der Waals surface area (Å²) in [5, 5.41) is 11.7. The van der Waals surface area contributed by atoms with Crippen molar-refractivity contribution in [1.82, 2.24) is 4.90 Å². The normalized spacial score (nSPS) is 11.2. The van der Waals surface area contributed by atoms with Gasteiger partial charge in [0.25, 0.3) is 5.91 Å². The number of likely N-dealkylation sites (N-methyl/N-ethyl adjacent to an activating group) is 1. The van der Waals surface area contributed by atoms with Gasteiger partial charge in [-0.15, -0.1) is 0 Å². The summed E-state index contributed by atoms with van der Waals surface area (Å²) in [5.74, 6) is 0.489. The molecule has 0 unspecified atom stereocenters. The largest absolute Gasteiger partial charge is 0.487 e. The van der Waals surface area contributed by atoms with Crippen molar-refractivity contribution in [2.75, 3.05) is 14.1 Å². The number of nitrogens with zero attached hydrogens (tertiary/aromatic N) is 2. The van der Waals surface area contributed by atoms with E-state index in [0.717, 1.165) is 24.0 Å². The molecule has 3 rings (SSSR count). The molecule has 1 amide bonds. The van der Waals surface area contributed by atoms with Gasteiger partial charge in [-0.25, -0.2) is 0 Å². The van der Waals surface area contributed by atoms with Crippen LogP contribution in [0.4, 0.5) is 0 Å². The van der Waals surface area contributed by atoms with Crippen LogP contribution in [0.15, 0.2) is 60.2 Å². The molecule has 0 atom stereocenters. The Morgan fingerprint density at radius 3 is 2.34 bits per heavy atom. The smallest absolute Gasteiger partial charge is 0.264 e. The number of halogens is 2. The summed E-state index contributed by atoms with van der Waals surface area (Å²) in [5.41, 5.74) is 2.00. The summed E-state index contributed by atoms with van der Waals surface area (Å²) < 4.78 is 7.95. The zero-order valence-corrected chi connectivity index (χ0v) is 20.3. The predicted octanol–water partition coefficient (Wildman–Crippen LogP) is 5.62. The highest BCUT2D eigenvalue weighted by molar-refractivity contribution is 14.1. The molecule has 0 bridgehead atoms. The van der Waals surface area contributed by atoms with E-state index in [4.69, 9.17) is 4.74 Å². The Kier molecular flexibility index (Phi) is 7.14. The summed E-state index contributed by atoms with van der Waals surface area (Å²) in [6.45, 7) is 0.467. The Balaban J connectivity index is 1.82. The van der Waals surface area contributed by atoms with Crippen LogP contribution in [0.2, 0.25) is 0 Å². The van der Waals surface area contributed by atoms with Gasteiger partial charge < -0.3 is 9.64 Å². The van der Waals surface area contributed by atoms with E-state index in [9.17, 15) is 10.1 Å². The molecule has 146 valence electrons. The second kappa shape index (κ2) is 9.59. The Morgan fingerprint density at radius 1 is 1.07 bits per heavy atom. The Hall–Kier alpha value is -2.12. The standard InChI is InChI=1S/C23H18I2N2O2/c1-27(2)23(28)19(13-26)10-16-11-20(24)22(21(25)12-16)29-14-15-7-8-17-5-3-4-6-18(17)9-15/h3-12H,14H2,1-2H3/b19-10-. The second-order valence-corrected chi connectivity index (χ2v) is 8.98. The van der Waals surface area contributed by atoms with E-state index < -0.39 is 0 Å². The minimum absolute atomic E-state index is 0.103. The molecule has 0 N–H and O–H groups in total. The highest BCUT2D eigenvalue weighted by Crippen LogP contribution is 2.31. The number of fused-ring (bicyclic) bond motifs is 1. The Bertz CT molecular complexity index is 1120. The summed E-state index contributed by atoms with van der Waals surface area (Å²) in [7, 11) is 3.26. The van der Waals surface area contributed by atoms with Crippen LogP contribution in [-0.4, -0.2) is 24.9 Å². The number of carbonyl (C=O) groups is 1. The van der Waals surface area contributed by atoms with Gasteiger partial charge in [0.05, 0.1) is 7.14 Å². The summed E-state index contributed by atoms with van der Waals surface area (Å²) in [6.07, 6.45) is 1.61. The van der Waals surface area contributed by atoms with Gasteiger partial charge >= 0.3 is 0 Å². The third kappa shape index (κ3) is 5.28. The van der Waals surface area contributed by atoms with E-state index in [2.05, 4.69) is 75.5 Å². The van der Waals surface area contributed by atoms with Gasteiger partial charge in [0.2, 0.25) is 0 Å². The van der Waals surface area contributed by atoms with Gasteiger partial charge in [0.1, 0.15) is 24.0 Å². The second-order valence-electron chi connectivity index (χ2n) is 6.65. The number of ether oxygens (including phenoxy) is 1. The molecule has 0 fully saturated rings. The molecular formula is C23H18I2N2O2. The van der Waals surface area contributed by atoms with Crippen LogP contribution in [-0.2, 0) is 11.4 Å². The van der Waals surface area contributed by atoms with Crippen molar-refractivity contribution in [3.05, 3.63) is 78.4 Å². The first-order chi connectivity index (χ1) is 13.9. The SMILES string of the molecule is CN(C)C(=O)/C(C#N)=C\c1cc(I)c(OCc2ccc3ccccc3c2)c(I)c1. The molecule has 0 saturated carbocycles. The van der Waals surface area contributed by atoms with Crippen molar-refractivity contribution in [1.29, 1.82) is 5.26 Å². The van der Waals surface area contributed by atoms with Crippen LogP contribution in [0.1, 0.15) is 11.1 Å². The van der Waals surface area contributed by atoms with Crippen molar-refractivity contribution >= 4 is 67.9 Å². The van der Waals surface area contributed by atoms with E-state index in [-0.39, 0.29) is 11.5 Å². The lowest BCUT2D eigenvalue weighted by atomic mass is 10.1. The molecule has 3 aromatic carbocycles. The van der Waals surface area contributed by atoms with Crippen molar-refractivity contribution in [3.63, 3.8) is 0 Å². The average Bonchev–Trinajstić information content (AvgIpc) is 2.70. The van der Waals surface area contributed by atoms with Crippen LogP contribution in [0, 0.1) is 18.5 Å². The molecule has 4 nitrogen and oxygen atoms in total. The van der Waals surface area contributed by atoms with E-state index in [1.807, 2.05) is 30.3 Å². The highest BCUT2D eigenvalue weighted by Gasteiger charge is 2.13. The minimum Gasteiger partial charge on any atom is -0.487 e. The van der Waals surface area contributed by atoms with E-state index in [1.54, 1.807) is 20.2 Å². The molecule has 0 saturated heterocycles. The summed E-state index contributed by atoms with van der Waals surface area (Å²) in [4.78, 5) is 13.5. The molecule has 6 heteroatoms. The third-order valence-electron chi connectivity index (χ3n) is 4.29. The first kappa shape index (κ1) is 21.6. The zero-order valence-electron chi connectivity index (χ0n) is 15.9. The molecule has 0 spiro atoms. The van der Waals surface area contributed by atoms with Gasteiger partial charge in [-0.3, -0.25) is 4.79 Å². The maximum absolute atomic E-state index is 12.1. The maximum Gasteiger partial charge on any atom is 0.264 e. The average molecular weight is 608 g/mol. The quantitative estimate of drug-likeness (QED) is 0.215. The fourth-order valence-corrected chi connectivity index (χ4v) is 4.96. The van der Waals surface area contributed by atoms with Gasteiger partial charge in [0, 0.05) is 14.1 Å². The number of carbonyl (C=O) groups excluding carboxylic acids is 1. The molecular weight excluding hydrogens is 590 g/mol. The lowest BCUT2D eigenvalue weighted by molar-refractivity contribution is -0.124. The van der Waals surface area contributed by atoms with Crippen molar-refractivity contribution < 1.29 is 9.53 Å². The van der Waals surface area contributed by atoms with Crippen molar-refractivity contribution in [2.45, 2.75) is 6.61 Å². The molecule has 0 aromatic heterocycles. The Labute approximate surface area is 197 Å². The number of amides is 1. The third-order valence-corrected chi connectivity index (χ3v) is 5.89. The van der Waals surface area contributed by atoms with E-state index in [1.165, 1.54) is 15.7 Å². The number of rotatable bonds is 5. The molecule has 0 aliphatic heterocycles. The van der Waals surface area contributed by atoms with Gasteiger partial charge in [-0.2, -0.15) is 5.26 Å². The van der Waals surface area contributed by atoms with Crippen LogP contribution in [0.5, 0.6) is 5.75 Å². The van der Waals surface area contributed by atoms with Crippen LogP contribution in [0.3, 0.4) is 0 Å². The van der Waals surface area contributed by atoms with Crippen molar-refractivity contribution in [3.8, 4) is 11.8 Å². The number of benzene rings is 3. The molecule has 3 aromatic rings. The minimum atomic E-state index is -0.311. The van der Waals surface area contributed by atoms with Crippen LogP contribution in [0.25, 0.3) is 16.8 Å². The fourth-order valence-electron chi connectivity index (χ4n) is 2.83. The predicted molar refractivity (Wildman–Crippen MR) is 132 cm³/mol. The molecule has 0 radical (unpaired) electrons. The number of nitriles is 1. The van der Waals surface area contributed by atoms with Gasteiger partial charge in [-0.1, -0.05) is 36.4 Å². The summed E-state index contributed by atoms with van der Waals surface area (Å²) >= 11 is 4.44. The van der Waals surface area contributed by atoms with Crippen LogP contribution < -0.4 is 4.74 Å². The fraction of sp³-hybridized carbons (Fsp3) is 0.130. The molecule has 0 aliphatic carbocycles. The topological polar surface area (TPSA) is 53.3 Å². The molecule has 0 aliphatic rings. The van der Waals surface area contributed by atoms with E-state index >= 15 is 0 Å². The van der Waals surface area contributed by atoms with Crippen LogP contribution >= 0.6 is 45.2 Å².